The minimum absolute atomic E-state index is 0.193. The first kappa shape index (κ1) is 18.2. The van der Waals surface area contributed by atoms with Crippen molar-refractivity contribution in [1.29, 1.82) is 0 Å². The van der Waals surface area contributed by atoms with Crippen LogP contribution in [0, 0.1) is 12.3 Å². The molecule has 1 saturated carbocycles. The number of aryl methyl sites for hydroxylation is 1. The van der Waals surface area contributed by atoms with Crippen LogP contribution in [0.1, 0.15) is 43.2 Å². The highest BCUT2D eigenvalue weighted by Gasteiger charge is 2.54. The van der Waals surface area contributed by atoms with Crippen molar-refractivity contribution in [2.75, 3.05) is 6.26 Å². The molecule has 2 aliphatic carbocycles. The molecule has 0 bridgehead atoms. The SMILES string of the molecule is Cc1ccccc1C1=C(N=S(C)(=O)c2ccccc2)C2(CCCCC2)C1=O. The maximum absolute atomic E-state index is 13.5. The van der Waals surface area contributed by atoms with Gasteiger partial charge in [0.1, 0.15) is 0 Å². The molecule has 0 amide bonds. The van der Waals surface area contributed by atoms with Gasteiger partial charge in [0.2, 0.25) is 0 Å². The van der Waals surface area contributed by atoms with E-state index in [2.05, 4.69) is 0 Å². The Hall–Kier alpha value is -2.20. The average molecular weight is 380 g/mol. The van der Waals surface area contributed by atoms with Crippen LogP contribution in [0.2, 0.25) is 0 Å². The van der Waals surface area contributed by atoms with Crippen molar-refractivity contribution in [3.8, 4) is 0 Å². The van der Waals surface area contributed by atoms with Crippen LogP contribution in [0.15, 0.2) is 69.6 Å². The molecule has 0 aliphatic heterocycles. The lowest BCUT2D eigenvalue weighted by Crippen LogP contribution is -2.44. The smallest absolute Gasteiger partial charge is 0.177 e. The van der Waals surface area contributed by atoms with Gasteiger partial charge in [0.15, 0.2) is 5.78 Å². The number of hydrogen-bond donors (Lipinski definition) is 0. The number of hydrogen-bond acceptors (Lipinski definition) is 3. The Morgan fingerprint density at radius 3 is 2.22 bits per heavy atom. The predicted molar refractivity (Wildman–Crippen MR) is 110 cm³/mol. The first-order valence-corrected chi connectivity index (χ1v) is 11.5. The molecule has 4 heteroatoms. The van der Waals surface area contributed by atoms with Gasteiger partial charge in [0.05, 0.1) is 20.8 Å². The van der Waals surface area contributed by atoms with Gasteiger partial charge in [-0.3, -0.25) is 4.79 Å². The molecule has 0 radical (unpaired) electrons. The van der Waals surface area contributed by atoms with Crippen molar-refractivity contribution >= 4 is 21.1 Å². The van der Waals surface area contributed by atoms with Gasteiger partial charge in [0.25, 0.3) is 0 Å². The third-order valence-corrected chi connectivity index (χ3v) is 7.60. The molecule has 27 heavy (non-hydrogen) atoms. The fraction of sp³-hybridized carbons (Fsp3) is 0.348. The van der Waals surface area contributed by atoms with Crippen LogP contribution in [0.3, 0.4) is 0 Å². The van der Waals surface area contributed by atoms with Crippen molar-refractivity contribution in [1.82, 2.24) is 0 Å². The molecular weight excluding hydrogens is 354 g/mol. The molecule has 140 valence electrons. The normalized spacial score (nSPS) is 20.9. The fourth-order valence-corrected chi connectivity index (χ4v) is 5.77. The van der Waals surface area contributed by atoms with Crippen LogP contribution in [0.25, 0.3) is 5.57 Å². The molecule has 1 atom stereocenters. The summed E-state index contributed by atoms with van der Waals surface area (Å²) in [7, 11) is -2.61. The summed E-state index contributed by atoms with van der Waals surface area (Å²) in [6, 6.07) is 17.3. The van der Waals surface area contributed by atoms with Crippen molar-refractivity contribution in [3.05, 3.63) is 71.4 Å². The highest BCUT2D eigenvalue weighted by Crippen LogP contribution is 2.57. The molecule has 3 nitrogen and oxygen atoms in total. The topological polar surface area (TPSA) is 46.5 Å². The van der Waals surface area contributed by atoms with E-state index in [-0.39, 0.29) is 5.78 Å². The van der Waals surface area contributed by atoms with Crippen molar-refractivity contribution < 1.29 is 9.00 Å². The van der Waals surface area contributed by atoms with E-state index in [0.717, 1.165) is 48.9 Å². The summed E-state index contributed by atoms with van der Waals surface area (Å²) in [5, 5.41) is 0. The summed E-state index contributed by atoms with van der Waals surface area (Å²) in [5.41, 5.74) is 2.92. The van der Waals surface area contributed by atoms with Crippen molar-refractivity contribution in [2.45, 2.75) is 43.9 Å². The molecule has 1 fully saturated rings. The molecule has 0 N–H and O–H groups in total. The number of Topliss-reactive ketones (excluding diaryl/α,β-unsaturated/α-hetero) is 1. The maximum atomic E-state index is 13.5. The zero-order valence-electron chi connectivity index (χ0n) is 15.9. The van der Waals surface area contributed by atoms with Crippen LogP contribution in [0.4, 0.5) is 0 Å². The van der Waals surface area contributed by atoms with Gasteiger partial charge in [-0.05, 0) is 43.0 Å². The Labute approximate surface area is 161 Å². The largest absolute Gasteiger partial charge is 0.293 e. The Kier molecular flexibility index (Phi) is 4.55. The number of rotatable bonds is 3. The summed E-state index contributed by atoms with van der Waals surface area (Å²) in [6.07, 6.45) is 6.55. The van der Waals surface area contributed by atoms with Gasteiger partial charge in [-0.1, -0.05) is 61.7 Å². The van der Waals surface area contributed by atoms with Crippen LogP contribution < -0.4 is 0 Å². The highest BCUT2D eigenvalue weighted by atomic mass is 32.2. The Morgan fingerprint density at radius 2 is 1.56 bits per heavy atom. The fourth-order valence-electron chi connectivity index (χ4n) is 4.39. The Bertz CT molecular complexity index is 1040. The lowest BCUT2D eigenvalue weighted by atomic mass is 9.58. The molecule has 2 aliphatic rings. The molecule has 4 rings (SSSR count). The zero-order chi connectivity index (χ0) is 19.1. The van der Waals surface area contributed by atoms with Gasteiger partial charge in [-0.25, -0.2) is 4.21 Å². The van der Waals surface area contributed by atoms with E-state index < -0.39 is 15.1 Å². The Balaban J connectivity index is 1.94. The van der Waals surface area contributed by atoms with Crippen LogP contribution in [-0.4, -0.2) is 16.2 Å². The standard InChI is InChI=1S/C23H25NO2S/c1-17-11-7-8-14-19(17)20-21(23(22(20)25)15-9-4-10-16-23)24-27(2,26)18-12-5-3-6-13-18/h3,5-8,11-14H,4,9-10,15-16H2,1-2H3. The number of ketones is 1. The quantitative estimate of drug-likeness (QED) is 0.717. The minimum atomic E-state index is -2.61. The van der Waals surface area contributed by atoms with Crippen molar-refractivity contribution in [3.63, 3.8) is 0 Å². The number of nitrogens with zero attached hydrogens (tertiary/aromatic N) is 1. The number of carbonyl (C=O) groups is 1. The predicted octanol–water partition coefficient (Wildman–Crippen LogP) is 5.40. The number of carbonyl (C=O) groups excluding carboxylic acids is 1. The number of benzene rings is 2. The first-order valence-electron chi connectivity index (χ1n) is 9.58. The molecule has 1 spiro atoms. The molecule has 0 heterocycles. The van der Waals surface area contributed by atoms with Gasteiger partial charge >= 0.3 is 0 Å². The van der Waals surface area contributed by atoms with E-state index in [4.69, 9.17) is 4.36 Å². The lowest BCUT2D eigenvalue weighted by Gasteiger charge is -2.45. The molecule has 0 saturated heterocycles. The van der Waals surface area contributed by atoms with E-state index >= 15 is 0 Å². The van der Waals surface area contributed by atoms with Gasteiger partial charge < -0.3 is 0 Å². The van der Waals surface area contributed by atoms with Crippen LogP contribution in [0.5, 0.6) is 0 Å². The summed E-state index contributed by atoms with van der Waals surface area (Å²) < 4.78 is 18.3. The summed E-state index contributed by atoms with van der Waals surface area (Å²) in [6.45, 7) is 2.01. The van der Waals surface area contributed by atoms with Gasteiger partial charge in [0, 0.05) is 16.7 Å². The number of allylic oxidation sites excluding steroid dienone is 2. The zero-order valence-corrected chi connectivity index (χ0v) is 16.7. The van der Waals surface area contributed by atoms with Crippen molar-refractivity contribution in [2.24, 2.45) is 9.78 Å². The summed E-state index contributed by atoms with van der Waals surface area (Å²) in [4.78, 5) is 14.0. The third-order valence-electron chi connectivity index (χ3n) is 5.92. The first-order chi connectivity index (χ1) is 13.0. The van der Waals surface area contributed by atoms with E-state index in [9.17, 15) is 9.00 Å². The summed E-state index contributed by atoms with van der Waals surface area (Å²) in [5.74, 6) is 0.193. The van der Waals surface area contributed by atoms with Gasteiger partial charge in [-0.15, -0.1) is 0 Å². The van der Waals surface area contributed by atoms with E-state index in [1.165, 1.54) is 0 Å². The van der Waals surface area contributed by atoms with E-state index in [0.29, 0.717) is 10.5 Å². The maximum Gasteiger partial charge on any atom is 0.177 e. The third kappa shape index (κ3) is 2.96. The Morgan fingerprint density at radius 1 is 0.926 bits per heavy atom. The minimum Gasteiger partial charge on any atom is -0.293 e. The van der Waals surface area contributed by atoms with Crippen LogP contribution in [-0.2, 0) is 14.5 Å². The van der Waals surface area contributed by atoms with E-state index in [1.807, 2.05) is 61.5 Å². The molecule has 0 aromatic heterocycles. The molecule has 2 aromatic rings. The van der Waals surface area contributed by atoms with Crippen LogP contribution >= 0.6 is 0 Å². The average Bonchev–Trinajstić information content (AvgIpc) is 2.70. The van der Waals surface area contributed by atoms with E-state index in [1.54, 1.807) is 6.26 Å². The summed E-state index contributed by atoms with van der Waals surface area (Å²) >= 11 is 0. The molecule has 2 aromatic carbocycles. The second-order valence-electron chi connectivity index (χ2n) is 7.72. The lowest BCUT2D eigenvalue weighted by molar-refractivity contribution is -0.125. The van der Waals surface area contributed by atoms with Gasteiger partial charge in [-0.2, -0.15) is 4.36 Å². The molecule has 1 unspecified atom stereocenters. The molecular formula is C23H25NO2S. The highest BCUT2D eigenvalue weighted by molar-refractivity contribution is 7.93. The monoisotopic (exact) mass is 379 g/mol. The second-order valence-corrected chi connectivity index (χ2v) is 9.98. The second kappa shape index (κ2) is 6.75.